The number of hydrogen-bond donors (Lipinski definition) is 1. The maximum absolute atomic E-state index is 12.4. The number of rotatable bonds is 9. The van der Waals surface area contributed by atoms with E-state index in [1.165, 1.54) is 35.5 Å². The van der Waals surface area contributed by atoms with Crippen LogP contribution in [0.15, 0.2) is 29.2 Å². The van der Waals surface area contributed by atoms with Crippen LogP contribution >= 0.6 is 0 Å². The minimum atomic E-state index is -3.53. The van der Waals surface area contributed by atoms with Gasteiger partial charge in [-0.2, -0.15) is 4.31 Å². The smallest absolute Gasteiger partial charge is 0.251 e. The molecule has 0 radical (unpaired) electrons. The van der Waals surface area contributed by atoms with E-state index < -0.39 is 10.0 Å². The van der Waals surface area contributed by atoms with Gasteiger partial charge in [0, 0.05) is 44.7 Å². The molecule has 0 atom stereocenters. The van der Waals surface area contributed by atoms with E-state index in [0.717, 1.165) is 12.8 Å². The van der Waals surface area contributed by atoms with Crippen molar-refractivity contribution in [2.24, 2.45) is 0 Å². The molecule has 26 heavy (non-hydrogen) atoms. The summed E-state index contributed by atoms with van der Waals surface area (Å²) in [7, 11) is -3.53. The first kappa shape index (κ1) is 20.4. The molecular weight excluding hydrogens is 354 g/mol. The van der Waals surface area contributed by atoms with E-state index in [-0.39, 0.29) is 16.7 Å². The molecule has 1 aromatic carbocycles. The molecule has 144 valence electrons. The predicted octanol–water partition coefficient (Wildman–Crippen LogP) is 1.46. The van der Waals surface area contributed by atoms with Gasteiger partial charge in [-0.05, 0) is 37.1 Å². The Bertz CT molecular complexity index is 738. The summed E-state index contributed by atoms with van der Waals surface area (Å²) in [5, 5.41) is 2.78. The highest BCUT2D eigenvalue weighted by molar-refractivity contribution is 7.89. The highest BCUT2D eigenvalue weighted by Crippen LogP contribution is 2.26. The molecule has 1 aliphatic rings. The summed E-state index contributed by atoms with van der Waals surface area (Å²) < 4.78 is 26.3. The third-order valence-corrected chi connectivity index (χ3v) is 6.55. The quantitative estimate of drug-likeness (QED) is 0.702. The molecule has 0 aromatic heterocycles. The van der Waals surface area contributed by atoms with Crippen LogP contribution in [-0.2, 0) is 14.8 Å². The van der Waals surface area contributed by atoms with E-state index in [0.29, 0.717) is 37.8 Å². The molecule has 0 heterocycles. The normalized spacial score (nSPS) is 14.3. The van der Waals surface area contributed by atoms with Gasteiger partial charge in [-0.1, -0.05) is 13.8 Å². The van der Waals surface area contributed by atoms with Gasteiger partial charge in [0.05, 0.1) is 4.90 Å². The largest absolute Gasteiger partial charge is 0.350 e. The maximum Gasteiger partial charge on any atom is 0.251 e. The molecule has 1 fully saturated rings. The number of nitrogens with one attached hydrogen (secondary N) is 1. The van der Waals surface area contributed by atoms with Gasteiger partial charge in [0.1, 0.15) is 0 Å². The minimum absolute atomic E-state index is 0.0210. The number of carbonyl (C=O) groups is 2. The van der Waals surface area contributed by atoms with Crippen LogP contribution in [0.4, 0.5) is 0 Å². The summed E-state index contributed by atoms with van der Waals surface area (Å²) >= 11 is 0. The lowest BCUT2D eigenvalue weighted by Gasteiger charge is -2.20. The predicted molar refractivity (Wildman–Crippen MR) is 99.3 cm³/mol. The highest BCUT2D eigenvalue weighted by atomic mass is 32.2. The third-order valence-electron chi connectivity index (χ3n) is 4.49. The maximum atomic E-state index is 12.4. The van der Waals surface area contributed by atoms with Gasteiger partial charge < -0.3 is 10.2 Å². The fourth-order valence-electron chi connectivity index (χ4n) is 2.87. The Morgan fingerprint density at radius 1 is 1.12 bits per heavy atom. The van der Waals surface area contributed by atoms with E-state index in [2.05, 4.69) is 5.32 Å². The summed E-state index contributed by atoms with van der Waals surface area (Å²) in [6.45, 7) is 6.76. The van der Waals surface area contributed by atoms with Crippen molar-refractivity contribution in [3.05, 3.63) is 29.8 Å². The zero-order valence-electron chi connectivity index (χ0n) is 15.6. The third kappa shape index (κ3) is 4.82. The monoisotopic (exact) mass is 381 g/mol. The molecule has 0 spiro atoms. The second-order valence-corrected chi connectivity index (χ2v) is 8.25. The average Bonchev–Trinajstić information content (AvgIpc) is 3.44. The molecule has 0 aliphatic heterocycles. The summed E-state index contributed by atoms with van der Waals surface area (Å²) in [4.78, 5) is 25.7. The van der Waals surface area contributed by atoms with Crippen LogP contribution in [0.3, 0.4) is 0 Å². The Morgan fingerprint density at radius 2 is 1.69 bits per heavy atom. The van der Waals surface area contributed by atoms with Gasteiger partial charge in [-0.3, -0.25) is 9.59 Å². The Kier molecular flexibility index (Phi) is 6.77. The van der Waals surface area contributed by atoms with Crippen molar-refractivity contribution in [1.82, 2.24) is 14.5 Å². The molecule has 0 saturated heterocycles. The molecule has 1 N–H and O–H groups in total. The minimum Gasteiger partial charge on any atom is -0.350 e. The van der Waals surface area contributed by atoms with Crippen LogP contribution < -0.4 is 5.32 Å². The van der Waals surface area contributed by atoms with E-state index in [4.69, 9.17) is 0 Å². The number of benzene rings is 1. The van der Waals surface area contributed by atoms with Crippen LogP contribution in [0.25, 0.3) is 0 Å². The molecule has 1 aromatic rings. The average molecular weight is 381 g/mol. The van der Waals surface area contributed by atoms with Gasteiger partial charge in [0.2, 0.25) is 15.9 Å². The fourth-order valence-corrected chi connectivity index (χ4v) is 4.32. The van der Waals surface area contributed by atoms with Crippen molar-refractivity contribution in [3.63, 3.8) is 0 Å². The van der Waals surface area contributed by atoms with Crippen LogP contribution in [0.5, 0.6) is 0 Å². The Hall–Kier alpha value is -1.93. The molecule has 2 amide bonds. The SMILES string of the molecule is CCN(CC)S(=O)(=O)c1ccc(C(=O)NCCN(C(C)=O)C2CC2)cc1. The second kappa shape index (κ2) is 8.64. The molecule has 0 unspecified atom stereocenters. The zero-order valence-corrected chi connectivity index (χ0v) is 16.4. The van der Waals surface area contributed by atoms with Gasteiger partial charge in [-0.25, -0.2) is 8.42 Å². The zero-order chi connectivity index (χ0) is 19.3. The number of amides is 2. The van der Waals surface area contributed by atoms with Gasteiger partial charge in [0.15, 0.2) is 0 Å². The summed E-state index contributed by atoms with van der Waals surface area (Å²) in [5.74, 6) is -0.260. The van der Waals surface area contributed by atoms with Gasteiger partial charge in [-0.15, -0.1) is 0 Å². The van der Waals surface area contributed by atoms with Crippen molar-refractivity contribution < 1.29 is 18.0 Å². The van der Waals surface area contributed by atoms with E-state index in [9.17, 15) is 18.0 Å². The molecule has 2 rings (SSSR count). The molecule has 1 saturated carbocycles. The first-order valence-electron chi connectivity index (χ1n) is 8.96. The molecule has 0 bridgehead atoms. The van der Waals surface area contributed by atoms with Crippen molar-refractivity contribution in [1.29, 1.82) is 0 Å². The lowest BCUT2D eigenvalue weighted by molar-refractivity contribution is -0.129. The van der Waals surface area contributed by atoms with Crippen molar-refractivity contribution >= 4 is 21.8 Å². The van der Waals surface area contributed by atoms with Gasteiger partial charge in [0.25, 0.3) is 5.91 Å². The summed E-state index contributed by atoms with van der Waals surface area (Å²) in [6, 6.07) is 6.24. The standard InChI is InChI=1S/C18H27N3O4S/c1-4-20(5-2)26(24,25)17-10-6-15(7-11-17)18(23)19-12-13-21(14(3)22)16-8-9-16/h6-7,10-11,16H,4-5,8-9,12-13H2,1-3H3,(H,19,23). The lowest BCUT2D eigenvalue weighted by atomic mass is 10.2. The molecule has 7 nitrogen and oxygen atoms in total. The number of hydrogen-bond acceptors (Lipinski definition) is 4. The lowest BCUT2D eigenvalue weighted by Crippen LogP contribution is -2.38. The Balaban J connectivity index is 1.95. The number of carbonyl (C=O) groups excluding carboxylic acids is 2. The van der Waals surface area contributed by atoms with Crippen LogP contribution in [0.1, 0.15) is 44.0 Å². The van der Waals surface area contributed by atoms with Crippen molar-refractivity contribution in [2.45, 2.75) is 44.6 Å². The molecule has 8 heteroatoms. The number of nitrogens with zero attached hydrogens (tertiary/aromatic N) is 2. The number of sulfonamides is 1. The van der Waals surface area contributed by atoms with E-state index in [1.807, 2.05) is 0 Å². The highest BCUT2D eigenvalue weighted by Gasteiger charge is 2.30. The molecule has 1 aliphatic carbocycles. The van der Waals surface area contributed by atoms with Crippen molar-refractivity contribution in [3.8, 4) is 0 Å². The Labute approximate surface area is 155 Å². The van der Waals surface area contributed by atoms with Crippen LogP contribution in [0.2, 0.25) is 0 Å². The summed E-state index contributed by atoms with van der Waals surface area (Å²) in [5.41, 5.74) is 0.393. The van der Waals surface area contributed by atoms with E-state index in [1.54, 1.807) is 18.7 Å². The van der Waals surface area contributed by atoms with Crippen molar-refractivity contribution in [2.75, 3.05) is 26.2 Å². The molecular formula is C18H27N3O4S. The van der Waals surface area contributed by atoms with Crippen LogP contribution in [0, 0.1) is 0 Å². The van der Waals surface area contributed by atoms with Crippen LogP contribution in [-0.4, -0.2) is 61.7 Å². The second-order valence-electron chi connectivity index (χ2n) is 6.31. The first-order valence-corrected chi connectivity index (χ1v) is 10.4. The summed E-state index contributed by atoms with van der Waals surface area (Å²) in [6.07, 6.45) is 2.05. The van der Waals surface area contributed by atoms with Gasteiger partial charge >= 0.3 is 0 Å². The van der Waals surface area contributed by atoms with E-state index >= 15 is 0 Å². The Morgan fingerprint density at radius 3 is 2.15 bits per heavy atom. The first-order chi connectivity index (χ1) is 12.3. The fraction of sp³-hybridized carbons (Fsp3) is 0.556. The topological polar surface area (TPSA) is 86.8 Å².